The van der Waals surface area contributed by atoms with Gasteiger partial charge in [0.25, 0.3) is 0 Å². The molecule has 1 fully saturated rings. The molecule has 152 valence electrons. The van der Waals surface area contributed by atoms with Gasteiger partial charge in [-0.15, -0.1) is 0 Å². The summed E-state index contributed by atoms with van der Waals surface area (Å²) in [5, 5.41) is 1.36. The SMILES string of the molecule is Clc1ccc(CCC(Cn2ccnc2)Oc2ccc(N3CCCC3)cc2)c(Cl)c1. The summed E-state index contributed by atoms with van der Waals surface area (Å²) in [5.41, 5.74) is 2.36. The van der Waals surface area contributed by atoms with Crippen LogP contribution in [0.25, 0.3) is 0 Å². The highest BCUT2D eigenvalue weighted by Gasteiger charge is 2.15. The highest BCUT2D eigenvalue weighted by molar-refractivity contribution is 6.35. The molecule has 0 radical (unpaired) electrons. The molecule has 4 rings (SSSR count). The lowest BCUT2D eigenvalue weighted by molar-refractivity contribution is 0.170. The minimum Gasteiger partial charge on any atom is -0.489 e. The van der Waals surface area contributed by atoms with E-state index in [4.69, 9.17) is 27.9 Å². The number of imidazole rings is 1. The number of aromatic nitrogens is 2. The normalized spacial score (nSPS) is 14.9. The van der Waals surface area contributed by atoms with Crippen molar-refractivity contribution < 1.29 is 4.74 Å². The number of nitrogens with zero attached hydrogens (tertiary/aromatic N) is 3. The molecule has 0 spiro atoms. The predicted octanol–water partition coefficient (Wildman–Crippen LogP) is 5.87. The van der Waals surface area contributed by atoms with Crippen LogP contribution in [0.4, 0.5) is 5.69 Å². The summed E-state index contributed by atoms with van der Waals surface area (Å²) in [6.07, 6.45) is 9.79. The maximum Gasteiger partial charge on any atom is 0.119 e. The Morgan fingerprint density at radius 2 is 1.83 bits per heavy atom. The molecule has 0 amide bonds. The van der Waals surface area contributed by atoms with E-state index in [-0.39, 0.29) is 6.10 Å². The standard InChI is InChI=1S/C23H25Cl2N3O/c24-19-5-3-18(23(25)15-19)4-8-22(16-27-14-11-26-17-27)29-21-9-6-20(7-10-21)28-12-1-2-13-28/h3,5-7,9-11,14-15,17,22H,1-2,4,8,12-13,16H2. The molecule has 4 nitrogen and oxygen atoms in total. The van der Waals surface area contributed by atoms with E-state index in [1.807, 2.05) is 29.2 Å². The number of rotatable bonds is 8. The maximum atomic E-state index is 6.35. The van der Waals surface area contributed by atoms with E-state index >= 15 is 0 Å². The van der Waals surface area contributed by atoms with Gasteiger partial charge in [0.05, 0.1) is 12.9 Å². The van der Waals surface area contributed by atoms with Gasteiger partial charge in [-0.1, -0.05) is 29.3 Å². The molecule has 1 aliphatic heterocycles. The molecule has 0 N–H and O–H groups in total. The smallest absolute Gasteiger partial charge is 0.119 e. The van der Waals surface area contributed by atoms with Crippen molar-refractivity contribution in [2.45, 2.75) is 38.3 Å². The van der Waals surface area contributed by atoms with E-state index in [1.165, 1.54) is 18.5 Å². The summed E-state index contributed by atoms with van der Waals surface area (Å²) in [5.74, 6) is 0.889. The average Bonchev–Trinajstić information content (AvgIpc) is 3.42. The fraction of sp³-hybridized carbons (Fsp3) is 0.348. The largest absolute Gasteiger partial charge is 0.489 e. The Balaban J connectivity index is 1.43. The second-order valence-corrected chi connectivity index (χ2v) is 8.31. The van der Waals surface area contributed by atoms with Crippen LogP contribution in [-0.4, -0.2) is 28.7 Å². The second-order valence-electron chi connectivity index (χ2n) is 7.46. The first-order valence-corrected chi connectivity index (χ1v) is 10.8. The molecule has 0 saturated carbocycles. The average molecular weight is 430 g/mol. The topological polar surface area (TPSA) is 30.3 Å². The summed E-state index contributed by atoms with van der Waals surface area (Å²) in [6.45, 7) is 3.02. The third-order valence-electron chi connectivity index (χ3n) is 5.34. The summed E-state index contributed by atoms with van der Waals surface area (Å²) < 4.78 is 8.40. The number of aryl methyl sites for hydroxylation is 1. The zero-order chi connectivity index (χ0) is 20.1. The van der Waals surface area contributed by atoms with Crippen LogP contribution in [0, 0.1) is 0 Å². The molecule has 29 heavy (non-hydrogen) atoms. The minimum absolute atomic E-state index is 0.00795. The third-order valence-corrected chi connectivity index (χ3v) is 5.92. The fourth-order valence-corrected chi connectivity index (χ4v) is 4.26. The molecule has 3 aromatic rings. The fourth-order valence-electron chi connectivity index (χ4n) is 3.76. The van der Waals surface area contributed by atoms with Crippen molar-refractivity contribution in [2.75, 3.05) is 18.0 Å². The number of benzene rings is 2. The highest BCUT2D eigenvalue weighted by atomic mass is 35.5. The Labute approximate surface area is 182 Å². The van der Waals surface area contributed by atoms with Gasteiger partial charge in [-0.05, 0) is 67.6 Å². The first-order chi connectivity index (χ1) is 14.2. The summed E-state index contributed by atoms with van der Waals surface area (Å²) in [7, 11) is 0. The van der Waals surface area contributed by atoms with E-state index in [1.54, 1.807) is 12.3 Å². The Kier molecular flexibility index (Phi) is 6.63. The highest BCUT2D eigenvalue weighted by Crippen LogP contribution is 2.26. The number of hydrogen-bond acceptors (Lipinski definition) is 3. The molecule has 1 atom stereocenters. The van der Waals surface area contributed by atoms with Crippen LogP contribution in [0.2, 0.25) is 10.0 Å². The van der Waals surface area contributed by atoms with Gasteiger partial charge < -0.3 is 14.2 Å². The van der Waals surface area contributed by atoms with E-state index in [0.29, 0.717) is 10.0 Å². The molecule has 0 aliphatic carbocycles. The Bertz CT molecular complexity index is 906. The van der Waals surface area contributed by atoms with Crippen molar-refractivity contribution in [1.82, 2.24) is 9.55 Å². The van der Waals surface area contributed by atoms with Crippen LogP contribution < -0.4 is 9.64 Å². The van der Waals surface area contributed by atoms with Crippen LogP contribution in [0.15, 0.2) is 61.2 Å². The molecular formula is C23H25Cl2N3O. The lowest BCUT2D eigenvalue weighted by Crippen LogP contribution is -2.23. The summed E-state index contributed by atoms with van der Waals surface area (Å²) in [6, 6.07) is 14.1. The second kappa shape index (κ2) is 9.55. The molecule has 2 heterocycles. The third kappa shape index (κ3) is 5.46. The van der Waals surface area contributed by atoms with Gasteiger partial charge in [-0.25, -0.2) is 4.98 Å². The molecule has 1 saturated heterocycles. The number of anilines is 1. The van der Waals surface area contributed by atoms with Crippen LogP contribution in [0.3, 0.4) is 0 Å². The van der Waals surface area contributed by atoms with Crippen molar-refractivity contribution in [2.24, 2.45) is 0 Å². The molecule has 6 heteroatoms. The van der Waals surface area contributed by atoms with E-state index in [2.05, 4.69) is 34.1 Å². The zero-order valence-electron chi connectivity index (χ0n) is 16.3. The first-order valence-electron chi connectivity index (χ1n) is 10.1. The van der Waals surface area contributed by atoms with Crippen molar-refractivity contribution in [1.29, 1.82) is 0 Å². The molecule has 1 unspecified atom stereocenters. The molecule has 2 aromatic carbocycles. The molecule has 1 aromatic heterocycles. The quantitative estimate of drug-likeness (QED) is 0.448. The number of ether oxygens (including phenoxy) is 1. The van der Waals surface area contributed by atoms with E-state index in [0.717, 1.165) is 43.8 Å². The van der Waals surface area contributed by atoms with Gasteiger partial charge in [0.2, 0.25) is 0 Å². The number of hydrogen-bond donors (Lipinski definition) is 0. The summed E-state index contributed by atoms with van der Waals surface area (Å²) >= 11 is 12.4. The Morgan fingerprint density at radius 1 is 1.03 bits per heavy atom. The van der Waals surface area contributed by atoms with Crippen LogP contribution in [0.5, 0.6) is 5.75 Å². The van der Waals surface area contributed by atoms with Gasteiger partial charge in [-0.3, -0.25) is 0 Å². The zero-order valence-corrected chi connectivity index (χ0v) is 17.8. The predicted molar refractivity (Wildman–Crippen MR) is 119 cm³/mol. The molecule has 0 bridgehead atoms. The number of halogens is 2. The van der Waals surface area contributed by atoms with Gasteiger partial charge in [-0.2, -0.15) is 0 Å². The first kappa shape index (κ1) is 20.1. The van der Waals surface area contributed by atoms with Crippen molar-refractivity contribution >= 4 is 28.9 Å². The van der Waals surface area contributed by atoms with Crippen LogP contribution >= 0.6 is 23.2 Å². The Hall–Kier alpha value is -2.17. The maximum absolute atomic E-state index is 6.35. The molecule has 1 aliphatic rings. The van der Waals surface area contributed by atoms with Crippen molar-refractivity contribution in [3.05, 3.63) is 76.8 Å². The van der Waals surface area contributed by atoms with Gasteiger partial charge in [0.1, 0.15) is 11.9 Å². The molecular weight excluding hydrogens is 405 g/mol. The van der Waals surface area contributed by atoms with Crippen molar-refractivity contribution in [3.8, 4) is 5.75 Å². The van der Waals surface area contributed by atoms with Crippen molar-refractivity contribution in [3.63, 3.8) is 0 Å². The minimum atomic E-state index is 0.00795. The Morgan fingerprint density at radius 3 is 2.52 bits per heavy atom. The van der Waals surface area contributed by atoms with Gasteiger partial charge >= 0.3 is 0 Å². The van der Waals surface area contributed by atoms with Crippen LogP contribution in [-0.2, 0) is 13.0 Å². The van der Waals surface area contributed by atoms with E-state index < -0.39 is 0 Å². The summed E-state index contributed by atoms with van der Waals surface area (Å²) in [4.78, 5) is 6.57. The van der Waals surface area contributed by atoms with Gasteiger partial charge in [0, 0.05) is 41.2 Å². The van der Waals surface area contributed by atoms with E-state index in [9.17, 15) is 0 Å². The monoisotopic (exact) mass is 429 g/mol. The van der Waals surface area contributed by atoms with Gasteiger partial charge in [0.15, 0.2) is 0 Å². The van der Waals surface area contributed by atoms with Crippen LogP contribution in [0.1, 0.15) is 24.8 Å². The lowest BCUT2D eigenvalue weighted by atomic mass is 10.1. The lowest BCUT2D eigenvalue weighted by Gasteiger charge is -2.22.